The minimum atomic E-state index is -4.20. The van der Waals surface area contributed by atoms with Gasteiger partial charge in [0.1, 0.15) is 5.37 Å². The molecule has 2 amide bonds. The van der Waals surface area contributed by atoms with Gasteiger partial charge in [0.2, 0.25) is 5.91 Å². The Hall–Kier alpha value is -3.77. The van der Waals surface area contributed by atoms with Gasteiger partial charge in [-0.05, 0) is 37.1 Å². The van der Waals surface area contributed by atoms with Crippen molar-refractivity contribution in [2.45, 2.75) is 61.8 Å². The Morgan fingerprint density at radius 1 is 1.12 bits per heavy atom. The number of sulfone groups is 1. The van der Waals surface area contributed by atoms with E-state index in [4.69, 9.17) is 6.42 Å². The standard InChI is InChI=1S/C29H36F2N4O7S/c1-5-6-12-27(38)35(34-26(37)18-32-4)22(15-20-10-8-7-9-11-20)23(36)17-33-28(19(2)3)43(39,40)21-13-14-24-25(16-21)42-29(30,31)41-24/h1,7-11,13-14,16,19,22-23,28,32-33,36H,6,12,15,17-18H2,2-4H3,(H,34,37)/t22-,23+,28?/m0/s1. The molecule has 0 aromatic heterocycles. The number of hydrogen-bond donors (Lipinski definition) is 4. The molecule has 4 N–H and O–H groups in total. The molecular weight excluding hydrogens is 586 g/mol. The van der Waals surface area contributed by atoms with Gasteiger partial charge in [0.05, 0.1) is 23.6 Å². The molecule has 1 aliphatic rings. The summed E-state index contributed by atoms with van der Waals surface area (Å²) >= 11 is 0. The van der Waals surface area contributed by atoms with Gasteiger partial charge in [-0.3, -0.25) is 20.3 Å². The van der Waals surface area contributed by atoms with Crippen molar-refractivity contribution in [3.63, 3.8) is 0 Å². The average Bonchev–Trinajstić information content (AvgIpc) is 3.27. The van der Waals surface area contributed by atoms with Gasteiger partial charge < -0.3 is 19.9 Å². The van der Waals surface area contributed by atoms with Crippen molar-refractivity contribution < 1.29 is 41.4 Å². The number of nitrogens with one attached hydrogen (secondary N) is 3. The highest BCUT2D eigenvalue weighted by Crippen LogP contribution is 2.42. The van der Waals surface area contributed by atoms with Crippen LogP contribution in [0, 0.1) is 18.3 Å². The Morgan fingerprint density at radius 3 is 2.42 bits per heavy atom. The number of fused-ring (bicyclic) bond motifs is 1. The summed E-state index contributed by atoms with van der Waals surface area (Å²) < 4.78 is 63.0. The first-order valence-electron chi connectivity index (χ1n) is 13.6. The molecule has 0 bridgehead atoms. The lowest BCUT2D eigenvalue weighted by Crippen LogP contribution is -2.60. The number of terminal acetylenes is 1. The SMILES string of the molecule is C#CCCC(=O)N(NC(=O)CNC)[C@@H](Cc1ccccc1)[C@H](O)CNC(C(C)C)S(=O)(=O)c1ccc2c(c1)OC(F)(F)O2. The third kappa shape index (κ3) is 8.87. The lowest BCUT2D eigenvalue weighted by molar-refractivity contribution is -0.286. The molecule has 1 aliphatic heterocycles. The molecule has 3 atom stereocenters. The molecule has 11 nitrogen and oxygen atoms in total. The number of hydrogen-bond acceptors (Lipinski definition) is 9. The largest absolute Gasteiger partial charge is 0.586 e. The Kier molecular flexibility index (Phi) is 11.5. The summed E-state index contributed by atoms with van der Waals surface area (Å²) in [6.07, 6.45) is 0.155. The molecule has 234 valence electrons. The zero-order valence-corrected chi connectivity index (χ0v) is 24.9. The van der Waals surface area contributed by atoms with Gasteiger partial charge in [-0.25, -0.2) is 13.4 Å². The molecular formula is C29H36F2N4O7S. The maximum Gasteiger partial charge on any atom is 0.586 e. The number of carbonyl (C=O) groups is 2. The van der Waals surface area contributed by atoms with E-state index in [-0.39, 0.29) is 43.0 Å². The van der Waals surface area contributed by atoms with Gasteiger partial charge in [0.25, 0.3) is 5.91 Å². The minimum Gasteiger partial charge on any atom is -0.395 e. The maximum absolute atomic E-state index is 13.6. The summed E-state index contributed by atoms with van der Waals surface area (Å²) in [5.74, 6) is 0.0495. The van der Waals surface area contributed by atoms with Crippen LogP contribution in [-0.2, 0) is 25.8 Å². The topological polar surface area (TPSA) is 146 Å². The van der Waals surface area contributed by atoms with Crippen LogP contribution < -0.4 is 25.5 Å². The third-order valence-electron chi connectivity index (χ3n) is 6.57. The number of amides is 2. The second kappa shape index (κ2) is 14.6. The van der Waals surface area contributed by atoms with Crippen LogP contribution >= 0.6 is 0 Å². The molecule has 43 heavy (non-hydrogen) atoms. The number of likely N-dealkylation sites (N-methyl/N-ethyl adjacent to an activating group) is 1. The summed E-state index contributed by atoms with van der Waals surface area (Å²) in [7, 11) is -2.64. The van der Waals surface area contributed by atoms with Crippen molar-refractivity contribution in [3.05, 3.63) is 54.1 Å². The number of rotatable bonds is 14. The molecule has 0 saturated carbocycles. The van der Waals surface area contributed by atoms with E-state index in [2.05, 4.69) is 31.5 Å². The van der Waals surface area contributed by atoms with Gasteiger partial charge in [0, 0.05) is 25.5 Å². The monoisotopic (exact) mass is 622 g/mol. The van der Waals surface area contributed by atoms with Gasteiger partial charge in [-0.2, -0.15) is 0 Å². The zero-order chi connectivity index (χ0) is 31.8. The summed E-state index contributed by atoms with van der Waals surface area (Å²) in [6, 6.07) is 11.1. The molecule has 0 spiro atoms. The van der Waals surface area contributed by atoms with Crippen LogP contribution in [0.5, 0.6) is 11.5 Å². The van der Waals surface area contributed by atoms with Crippen molar-refractivity contribution in [1.29, 1.82) is 0 Å². The van der Waals surface area contributed by atoms with E-state index >= 15 is 0 Å². The highest BCUT2D eigenvalue weighted by Gasteiger charge is 2.44. The molecule has 3 rings (SSSR count). The van der Waals surface area contributed by atoms with E-state index in [9.17, 15) is 31.9 Å². The third-order valence-corrected chi connectivity index (χ3v) is 8.86. The lowest BCUT2D eigenvalue weighted by Gasteiger charge is -2.36. The Labute approximate surface area is 249 Å². The minimum absolute atomic E-state index is 0.0960. The van der Waals surface area contributed by atoms with Gasteiger partial charge >= 0.3 is 6.29 Å². The molecule has 1 unspecified atom stereocenters. The van der Waals surface area contributed by atoms with Crippen molar-refractivity contribution in [3.8, 4) is 23.8 Å². The molecule has 0 aliphatic carbocycles. The van der Waals surface area contributed by atoms with E-state index in [1.807, 2.05) is 0 Å². The fourth-order valence-corrected chi connectivity index (χ4v) is 6.40. The van der Waals surface area contributed by atoms with E-state index in [0.717, 1.165) is 28.8 Å². The number of aliphatic hydroxyl groups is 1. The highest BCUT2D eigenvalue weighted by atomic mass is 32.2. The second-order valence-electron chi connectivity index (χ2n) is 10.3. The number of hydrazine groups is 1. The quantitative estimate of drug-likeness (QED) is 0.183. The summed E-state index contributed by atoms with van der Waals surface area (Å²) in [5, 5.41) is 16.8. The predicted octanol–water partition coefficient (Wildman–Crippen LogP) is 1.82. The molecule has 1 heterocycles. The number of benzene rings is 2. The van der Waals surface area contributed by atoms with Crippen molar-refractivity contribution in [2.75, 3.05) is 20.1 Å². The van der Waals surface area contributed by atoms with Gasteiger partial charge in [-0.15, -0.1) is 21.1 Å². The molecule has 2 aromatic carbocycles. The maximum atomic E-state index is 13.6. The number of alkyl halides is 2. The Bertz CT molecular complexity index is 1420. The Balaban J connectivity index is 1.89. The lowest BCUT2D eigenvalue weighted by atomic mass is 9.99. The van der Waals surface area contributed by atoms with Crippen molar-refractivity contribution in [1.82, 2.24) is 21.1 Å². The van der Waals surface area contributed by atoms with Crippen LogP contribution in [0.3, 0.4) is 0 Å². The van der Waals surface area contributed by atoms with Gasteiger partial charge in [-0.1, -0.05) is 44.2 Å². The van der Waals surface area contributed by atoms with Crippen LogP contribution in [0.1, 0.15) is 32.3 Å². The fourth-order valence-electron chi connectivity index (χ4n) is 4.55. The van der Waals surface area contributed by atoms with Gasteiger partial charge in [0.15, 0.2) is 21.3 Å². The number of ether oxygens (including phenoxy) is 2. The van der Waals surface area contributed by atoms with E-state index in [1.54, 1.807) is 51.2 Å². The first-order chi connectivity index (χ1) is 20.3. The molecule has 14 heteroatoms. The average molecular weight is 623 g/mol. The van der Waals surface area contributed by atoms with Crippen LogP contribution in [0.15, 0.2) is 53.4 Å². The number of aliphatic hydroxyl groups excluding tert-OH is 1. The normalized spacial score (nSPS) is 15.8. The van der Waals surface area contributed by atoms with E-state index in [1.165, 1.54) is 0 Å². The van der Waals surface area contributed by atoms with Crippen LogP contribution in [-0.4, -0.2) is 74.3 Å². The first-order valence-corrected chi connectivity index (χ1v) is 15.1. The second-order valence-corrected chi connectivity index (χ2v) is 12.3. The summed E-state index contributed by atoms with van der Waals surface area (Å²) in [6.45, 7) is 2.85. The molecule has 0 fully saturated rings. The van der Waals surface area contributed by atoms with Crippen molar-refractivity contribution in [2.24, 2.45) is 5.92 Å². The fraction of sp³-hybridized carbons (Fsp3) is 0.448. The first kappa shape index (κ1) is 33.7. The highest BCUT2D eigenvalue weighted by molar-refractivity contribution is 7.92. The zero-order valence-electron chi connectivity index (χ0n) is 24.0. The van der Waals surface area contributed by atoms with E-state index in [0.29, 0.717) is 0 Å². The number of halogens is 2. The predicted molar refractivity (Wildman–Crippen MR) is 153 cm³/mol. The number of carbonyl (C=O) groups excluding carboxylic acids is 2. The summed E-state index contributed by atoms with van der Waals surface area (Å²) in [5.41, 5.74) is 3.29. The molecule has 0 saturated heterocycles. The smallest absolute Gasteiger partial charge is 0.395 e. The summed E-state index contributed by atoms with van der Waals surface area (Å²) in [4.78, 5) is 25.4. The molecule has 2 aromatic rings. The Morgan fingerprint density at radius 2 is 1.79 bits per heavy atom. The number of nitrogens with zero attached hydrogens (tertiary/aromatic N) is 1. The molecule has 0 radical (unpaired) electrons. The van der Waals surface area contributed by atoms with Crippen LogP contribution in [0.2, 0.25) is 0 Å². The van der Waals surface area contributed by atoms with E-state index < -0.39 is 57.1 Å². The van der Waals surface area contributed by atoms with Crippen LogP contribution in [0.4, 0.5) is 8.78 Å². The van der Waals surface area contributed by atoms with Crippen LogP contribution in [0.25, 0.3) is 0 Å². The van der Waals surface area contributed by atoms with Crippen molar-refractivity contribution >= 4 is 21.7 Å².